The minimum Gasteiger partial charge on any atom is -0.383 e. The maximum atomic E-state index is 6.13. The van der Waals surface area contributed by atoms with Crippen molar-refractivity contribution in [2.24, 2.45) is 16.5 Å². The lowest BCUT2D eigenvalue weighted by molar-refractivity contribution is 0.397. The SMILES string of the molecule is CC.NC(=Nc1ccc2[nH]cc(C3CCC(N)CC3)c2c1)c1cccs1. The van der Waals surface area contributed by atoms with Crippen LogP contribution >= 0.6 is 11.3 Å². The van der Waals surface area contributed by atoms with E-state index in [0.717, 1.165) is 28.9 Å². The van der Waals surface area contributed by atoms with E-state index in [1.807, 2.05) is 37.4 Å². The van der Waals surface area contributed by atoms with E-state index in [2.05, 4.69) is 28.3 Å². The van der Waals surface area contributed by atoms with Crippen molar-refractivity contribution in [3.05, 3.63) is 52.3 Å². The number of hydrogen-bond acceptors (Lipinski definition) is 3. The van der Waals surface area contributed by atoms with Gasteiger partial charge in [-0.2, -0.15) is 0 Å². The van der Waals surface area contributed by atoms with Crippen molar-refractivity contribution in [3.63, 3.8) is 0 Å². The minimum atomic E-state index is 0.372. The Morgan fingerprint density at radius 3 is 2.62 bits per heavy atom. The van der Waals surface area contributed by atoms with Crippen LogP contribution < -0.4 is 11.5 Å². The molecule has 0 radical (unpaired) electrons. The molecule has 4 rings (SSSR count). The molecule has 138 valence electrons. The Labute approximate surface area is 159 Å². The van der Waals surface area contributed by atoms with Crippen LogP contribution in [-0.2, 0) is 0 Å². The van der Waals surface area contributed by atoms with Crippen LogP contribution in [0.15, 0.2) is 46.9 Å². The Kier molecular flexibility index (Phi) is 6.12. The fourth-order valence-electron chi connectivity index (χ4n) is 3.59. The number of nitrogens with one attached hydrogen (secondary N) is 1. The van der Waals surface area contributed by atoms with Crippen LogP contribution in [0, 0.1) is 0 Å². The maximum Gasteiger partial charge on any atom is 0.141 e. The van der Waals surface area contributed by atoms with Gasteiger partial charge in [0.25, 0.3) is 0 Å². The zero-order chi connectivity index (χ0) is 18.5. The monoisotopic (exact) mass is 368 g/mol. The van der Waals surface area contributed by atoms with Gasteiger partial charge in [-0.25, -0.2) is 4.99 Å². The lowest BCUT2D eigenvalue weighted by Crippen LogP contribution is -2.25. The molecule has 0 atom stereocenters. The second kappa shape index (κ2) is 8.52. The lowest BCUT2D eigenvalue weighted by Gasteiger charge is -2.25. The summed E-state index contributed by atoms with van der Waals surface area (Å²) in [7, 11) is 0. The smallest absolute Gasteiger partial charge is 0.141 e. The summed E-state index contributed by atoms with van der Waals surface area (Å²) in [4.78, 5) is 9.00. The largest absolute Gasteiger partial charge is 0.383 e. The van der Waals surface area contributed by atoms with E-state index in [1.165, 1.54) is 23.8 Å². The van der Waals surface area contributed by atoms with E-state index >= 15 is 0 Å². The van der Waals surface area contributed by atoms with Crippen molar-refractivity contribution in [2.45, 2.75) is 51.5 Å². The quantitative estimate of drug-likeness (QED) is 0.434. The van der Waals surface area contributed by atoms with Crippen molar-refractivity contribution in [2.75, 3.05) is 0 Å². The van der Waals surface area contributed by atoms with E-state index in [-0.39, 0.29) is 0 Å². The zero-order valence-corrected chi connectivity index (χ0v) is 16.4. The molecule has 0 amide bonds. The van der Waals surface area contributed by atoms with Gasteiger partial charge in [0.1, 0.15) is 5.84 Å². The normalized spacial score (nSPS) is 20.7. The van der Waals surface area contributed by atoms with Gasteiger partial charge in [-0.05, 0) is 66.8 Å². The van der Waals surface area contributed by atoms with Crippen LogP contribution in [0.1, 0.15) is 55.9 Å². The number of aromatic nitrogens is 1. The predicted molar refractivity (Wildman–Crippen MR) is 114 cm³/mol. The molecule has 0 aliphatic heterocycles. The molecule has 0 spiro atoms. The van der Waals surface area contributed by atoms with Gasteiger partial charge in [-0.15, -0.1) is 11.3 Å². The van der Waals surface area contributed by atoms with E-state index in [1.54, 1.807) is 11.3 Å². The van der Waals surface area contributed by atoms with E-state index < -0.39 is 0 Å². The highest BCUT2D eigenvalue weighted by Gasteiger charge is 2.22. The van der Waals surface area contributed by atoms with Gasteiger partial charge in [-0.3, -0.25) is 0 Å². The highest BCUT2D eigenvalue weighted by Crippen LogP contribution is 2.37. The van der Waals surface area contributed by atoms with Crippen LogP contribution in [0.5, 0.6) is 0 Å². The van der Waals surface area contributed by atoms with Crippen LogP contribution in [0.2, 0.25) is 0 Å². The van der Waals surface area contributed by atoms with E-state index in [9.17, 15) is 0 Å². The third kappa shape index (κ3) is 4.00. The molecule has 0 bridgehead atoms. The lowest BCUT2D eigenvalue weighted by atomic mass is 9.82. The van der Waals surface area contributed by atoms with Gasteiger partial charge in [-0.1, -0.05) is 19.9 Å². The summed E-state index contributed by atoms with van der Waals surface area (Å²) in [5.41, 5.74) is 15.6. The topological polar surface area (TPSA) is 80.2 Å². The molecule has 1 aliphatic rings. The molecular formula is C21H28N4S. The molecule has 4 nitrogen and oxygen atoms in total. The van der Waals surface area contributed by atoms with Gasteiger partial charge in [0.2, 0.25) is 0 Å². The molecule has 1 aromatic carbocycles. The van der Waals surface area contributed by atoms with Crippen molar-refractivity contribution in [1.82, 2.24) is 4.98 Å². The first-order valence-electron chi connectivity index (χ1n) is 9.45. The molecule has 5 heteroatoms. The Morgan fingerprint density at radius 1 is 1.15 bits per heavy atom. The number of rotatable bonds is 3. The number of nitrogens with zero attached hydrogens (tertiary/aromatic N) is 1. The highest BCUT2D eigenvalue weighted by molar-refractivity contribution is 7.12. The summed E-state index contributed by atoms with van der Waals surface area (Å²) in [6.45, 7) is 4.00. The fraction of sp³-hybridized carbons (Fsp3) is 0.381. The number of aliphatic imine (C=N–C) groups is 1. The Bertz CT molecular complexity index is 855. The zero-order valence-electron chi connectivity index (χ0n) is 15.5. The standard InChI is InChI=1S/C19H22N4S.C2H6/c20-13-5-3-12(4-6-13)16-11-22-17-8-7-14(10-15(16)17)23-19(21)18-2-1-9-24-18;1-2/h1-2,7-13,22H,3-6,20H2,(H2,21,23);1-2H3. The van der Waals surface area contributed by atoms with Gasteiger partial charge >= 0.3 is 0 Å². The van der Waals surface area contributed by atoms with Crippen molar-refractivity contribution in [1.29, 1.82) is 0 Å². The molecule has 0 unspecified atom stereocenters. The molecule has 26 heavy (non-hydrogen) atoms. The third-order valence-corrected chi connectivity index (χ3v) is 5.82. The first-order chi connectivity index (χ1) is 12.7. The summed E-state index contributed by atoms with van der Waals surface area (Å²) in [5.74, 6) is 1.16. The molecule has 1 saturated carbocycles. The van der Waals surface area contributed by atoms with Gasteiger partial charge in [0.15, 0.2) is 0 Å². The summed E-state index contributed by atoms with van der Waals surface area (Å²) in [6, 6.07) is 10.6. The van der Waals surface area contributed by atoms with Crippen LogP contribution in [0.25, 0.3) is 10.9 Å². The van der Waals surface area contributed by atoms with Crippen molar-refractivity contribution < 1.29 is 0 Å². The number of thiophene rings is 1. The van der Waals surface area contributed by atoms with Crippen molar-refractivity contribution >= 4 is 33.8 Å². The predicted octanol–water partition coefficient (Wildman–Crippen LogP) is 5.28. The van der Waals surface area contributed by atoms with Gasteiger partial charge in [0, 0.05) is 23.1 Å². The van der Waals surface area contributed by atoms with Crippen LogP contribution in [0.3, 0.4) is 0 Å². The molecular weight excluding hydrogens is 340 g/mol. The molecule has 2 heterocycles. The second-order valence-corrected chi connectivity index (χ2v) is 7.51. The number of hydrogen-bond donors (Lipinski definition) is 3. The Morgan fingerprint density at radius 2 is 1.92 bits per heavy atom. The molecule has 5 N–H and O–H groups in total. The minimum absolute atomic E-state index is 0.372. The van der Waals surface area contributed by atoms with Gasteiger partial charge < -0.3 is 16.5 Å². The maximum absolute atomic E-state index is 6.13. The number of amidine groups is 1. The average molecular weight is 369 g/mol. The third-order valence-electron chi connectivity index (χ3n) is 4.93. The number of nitrogens with two attached hydrogens (primary N) is 2. The molecule has 1 aliphatic carbocycles. The summed E-state index contributed by atoms with van der Waals surface area (Å²) in [5, 5.41) is 3.27. The number of fused-ring (bicyclic) bond motifs is 1. The first-order valence-corrected chi connectivity index (χ1v) is 10.3. The highest BCUT2D eigenvalue weighted by atomic mass is 32.1. The Hall–Kier alpha value is -2.11. The van der Waals surface area contributed by atoms with Crippen LogP contribution in [-0.4, -0.2) is 16.9 Å². The second-order valence-electron chi connectivity index (χ2n) is 6.56. The first kappa shape index (κ1) is 18.7. The molecule has 0 saturated heterocycles. The Balaban J connectivity index is 0.000000948. The summed E-state index contributed by atoms with van der Waals surface area (Å²) >= 11 is 1.61. The molecule has 1 fully saturated rings. The number of benzene rings is 1. The summed E-state index contributed by atoms with van der Waals surface area (Å²) < 4.78 is 0. The average Bonchev–Trinajstić information content (AvgIpc) is 3.34. The van der Waals surface area contributed by atoms with Crippen molar-refractivity contribution in [3.8, 4) is 0 Å². The number of aromatic amines is 1. The van der Waals surface area contributed by atoms with Gasteiger partial charge in [0.05, 0.1) is 10.6 Å². The molecule has 3 aromatic rings. The molecule has 2 aromatic heterocycles. The number of H-pyrrole nitrogens is 1. The van der Waals surface area contributed by atoms with Crippen LogP contribution in [0.4, 0.5) is 5.69 Å². The van der Waals surface area contributed by atoms with E-state index in [4.69, 9.17) is 11.5 Å². The van der Waals surface area contributed by atoms with E-state index in [0.29, 0.717) is 17.8 Å². The fourth-order valence-corrected chi connectivity index (χ4v) is 4.21. The summed E-state index contributed by atoms with van der Waals surface area (Å²) in [6.07, 6.45) is 6.71.